The highest BCUT2D eigenvalue weighted by molar-refractivity contribution is 7.18. The molecule has 12 heteroatoms. The van der Waals surface area contributed by atoms with Crippen LogP contribution in [0.2, 0.25) is 0 Å². The van der Waals surface area contributed by atoms with Crippen molar-refractivity contribution in [2.75, 3.05) is 10.6 Å². The number of aromatic carboxylic acids is 1. The maximum absolute atomic E-state index is 13.3. The zero-order valence-corrected chi connectivity index (χ0v) is 20.7. The van der Waals surface area contributed by atoms with E-state index in [1.165, 1.54) is 29.7 Å². The van der Waals surface area contributed by atoms with Crippen molar-refractivity contribution in [1.29, 1.82) is 0 Å². The minimum Gasteiger partial charge on any atom is -0.478 e. The third-order valence-corrected chi connectivity index (χ3v) is 6.53. The summed E-state index contributed by atoms with van der Waals surface area (Å²) < 4.78 is 13.3. The molecule has 0 bridgehead atoms. The Balaban J connectivity index is 1.51. The molecular weight excluding hydrogens is 509 g/mol. The van der Waals surface area contributed by atoms with Crippen molar-refractivity contribution < 1.29 is 14.3 Å². The lowest BCUT2D eigenvalue weighted by Gasteiger charge is -2.15. The van der Waals surface area contributed by atoms with Gasteiger partial charge < -0.3 is 20.7 Å². The molecule has 4 N–H and O–H groups in total. The molecule has 4 aromatic heterocycles. The number of benzene rings is 1. The number of carbonyl (C=O) groups is 1. The van der Waals surface area contributed by atoms with E-state index in [9.17, 15) is 19.1 Å². The van der Waals surface area contributed by atoms with E-state index in [1.807, 2.05) is 6.92 Å². The molecule has 10 nitrogen and oxygen atoms in total. The molecule has 0 saturated heterocycles. The minimum absolute atomic E-state index is 0.163. The maximum atomic E-state index is 13.3. The summed E-state index contributed by atoms with van der Waals surface area (Å²) in [5.41, 5.74) is 1.89. The monoisotopic (exact) mass is 529 g/mol. The first-order valence-corrected chi connectivity index (χ1v) is 12.2. The van der Waals surface area contributed by atoms with E-state index in [1.54, 1.807) is 48.7 Å². The van der Waals surface area contributed by atoms with Gasteiger partial charge in [-0.3, -0.25) is 9.78 Å². The summed E-state index contributed by atoms with van der Waals surface area (Å²) in [7, 11) is 0. The largest absolute Gasteiger partial charge is 0.478 e. The van der Waals surface area contributed by atoms with Gasteiger partial charge in [-0.2, -0.15) is 4.98 Å². The zero-order valence-electron chi connectivity index (χ0n) is 19.8. The smallest absolute Gasteiger partial charge is 0.335 e. The highest BCUT2D eigenvalue weighted by Crippen LogP contribution is 2.33. The summed E-state index contributed by atoms with van der Waals surface area (Å²) in [6.07, 6.45) is 4.31. The fourth-order valence-corrected chi connectivity index (χ4v) is 4.47. The lowest BCUT2D eigenvalue weighted by atomic mass is 10.1. The van der Waals surface area contributed by atoms with Gasteiger partial charge in [-0.1, -0.05) is 12.1 Å². The summed E-state index contributed by atoms with van der Waals surface area (Å²) in [6.45, 7) is 1.86. The van der Waals surface area contributed by atoms with Crippen LogP contribution < -0.4 is 16.2 Å². The quantitative estimate of drug-likeness (QED) is 0.215. The lowest BCUT2D eigenvalue weighted by Crippen LogP contribution is -2.14. The van der Waals surface area contributed by atoms with Gasteiger partial charge in [-0.25, -0.2) is 19.2 Å². The van der Waals surface area contributed by atoms with Gasteiger partial charge in [0.25, 0.3) is 5.56 Å². The second-order valence-electron chi connectivity index (χ2n) is 8.18. The number of anilines is 3. The van der Waals surface area contributed by atoms with Crippen LogP contribution in [0.5, 0.6) is 0 Å². The van der Waals surface area contributed by atoms with Crippen molar-refractivity contribution >= 4 is 34.8 Å². The number of H-pyrrole nitrogens is 1. The highest BCUT2D eigenvalue weighted by Gasteiger charge is 2.15. The molecule has 4 heterocycles. The number of pyridine rings is 2. The Morgan fingerprint density at radius 2 is 1.95 bits per heavy atom. The molecule has 0 fully saturated rings. The average Bonchev–Trinajstić information content (AvgIpc) is 3.41. The molecule has 5 aromatic rings. The first kappa shape index (κ1) is 24.7. The van der Waals surface area contributed by atoms with Crippen molar-refractivity contribution in [2.45, 2.75) is 13.0 Å². The van der Waals surface area contributed by atoms with Crippen LogP contribution >= 0.6 is 11.3 Å². The van der Waals surface area contributed by atoms with E-state index in [2.05, 4.69) is 35.6 Å². The van der Waals surface area contributed by atoms with E-state index in [0.29, 0.717) is 32.7 Å². The van der Waals surface area contributed by atoms with Crippen LogP contribution in [0.4, 0.5) is 21.8 Å². The Hall–Kier alpha value is -4.97. The van der Waals surface area contributed by atoms with Gasteiger partial charge in [0.05, 0.1) is 34.1 Å². The molecular formula is C26H20FN7O3S. The van der Waals surface area contributed by atoms with Gasteiger partial charge in [0.1, 0.15) is 22.3 Å². The van der Waals surface area contributed by atoms with Crippen LogP contribution in [0, 0.1) is 5.82 Å². The molecule has 0 saturated carbocycles. The zero-order chi connectivity index (χ0) is 26.6. The number of carboxylic acid groups (broad SMARTS) is 1. The van der Waals surface area contributed by atoms with E-state index in [0.717, 1.165) is 6.20 Å². The van der Waals surface area contributed by atoms with Crippen LogP contribution in [0.3, 0.4) is 0 Å². The van der Waals surface area contributed by atoms with Gasteiger partial charge in [-0.05, 0) is 43.3 Å². The number of nitrogens with zero attached hydrogens (tertiary/aromatic N) is 4. The number of thiazole rings is 1. The molecule has 0 aliphatic rings. The fourth-order valence-electron chi connectivity index (χ4n) is 3.59. The van der Waals surface area contributed by atoms with Crippen LogP contribution in [0.25, 0.3) is 21.1 Å². The predicted molar refractivity (Wildman–Crippen MR) is 142 cm³/mol. The van der Waals surface area contributed by atoms with Gasteiger partial charge >= 0.3 is 5.97 Å². The van der Waals surface area contributed by atoms with Crippen molar-refractivity contribution in [3.05, 3.63) is 101 Å². The Labute approximate surface area is 219 Å². The molecule has 5 rings (SSSR count). The predicted octanol–water partition coefficient (Wildman–Crippen LogP) is 5.10. The minimum atomic E-state index is -1.02. The molecule has 0 spiro atoms. The Bertz CT molecular complexity index is 1670. The number of hydrogen-bond donors (Lipinski definition) is 4. The molecule has 0 radical (unpaired) electrons. The molecule has 1 atom stereocenters. The number of aromatic amines is 1. The maximum Gasteiger partial charge on any atom is 0.335 e. The molecule has 1 aromatic carbocycles. The molecule has 0 unspecified atom stereocenters. The topological polar surface area (TPSA) is 146 Å². The Morgan fingerprint density at radius 3 is 2.71 bits per heavy atom. The molecule has 0 amide bonds. The SMILES string of the molecule is C[C@H](Nc1cc(-c2cnc(-c3cccc(C(=O)O)c3)s2)nc(Nc2ccc[nH]c2=O)n1)c1ccc(F)cn1. The standard InChI is InChI=1S/C26H20FN7O3S/c1-14(18-8-7-17(27)12-29-18)31-22-11-20(33-26(34-22)32-19-6-3-9-28-23(19)35)21-13-30-24(38-21)15-4-2-5-16(10-15)25(36)37/h2-14H,1H3,(H,28,35)(H,36,37)(H2,31,32,33,34)/t14-/m0/s1. The fraction of sp³-hybridized carbons (Fsp3) is 0.0769. The third kappa shape index (κ3) is 5.55. The van der Waals surface area contributed by atoms with Crippen LogP contribution in [0.1, 0.15) is 29.0 Å². The number of nitrogens with one attached hydrogen (secondary N) is 3. The summed E-state index contributed by atoms with van der Waals surface area (Å²) >= 11 is 1.33. The van der Waals surface area contributed by atoms with Gasteiger partial charge in [0, 0.05) is 24.0 Å². The number of halogens is 1. The summed E-state index contributed by atoms with van der Waals surface area (Å²) in [5.74, 6) is -0.846. The number of rotatable bonds is 8. The third-order valence-electron chi connectivity index (χ3n) is 5.46. The van der Waals surface area contributed by atoms with E-state index in [4.69, 9.17) is 0 Å². The van der Waals surface area contributed by atoms with Gasteiger partial charge in [0.15, 0.2) is 0 Å². The Kier molecular flexibility index (Phi) is 6.87. The van der Waals surface area contributed by atoms with Crippen molar-refractivity contribution in [3.8, 4) is 21.1 Å². The lowest BCUT2D eigenvalue weighted by molar-refractivity contribution is 0.0697. The van der Waals surface area contributed by atoms with Crippen LogP contribution in [-0.2, 0) is 0 Å². The van der Waals surface area contributed by atoms with E-state index < -0.39 is 11.8 Å². The van der Waals surface area contributed by atoms with Crippen molar-refractivity contribution in [2.24, 2.45) is 0 Å². The van der Waals surface area contributed by atoms with Crippen molar-refractivity contribution in [1.82, 2.24) is 24.9 Å². The first-order valence-electron chi connectivity index (χ1n) is 11.4. The van der Waals surface area contributed by atoms with Crippen LogP contribution in [-0.4, -0.2) is 36.0 Å². The Morgan fingerprint density at radius 1 is 1.08 bits per heavy atom. The number of aromatic nitrogens is 5. The van der Waals surface area contributed by atoms with Crippen LogP contribution in [0.15, 0.2) is 78.0 Å². The molecule has 0 aliphatic carbocycles. The van der Waals surface area contributed by atoms with E-state index >= 15 is 0 Å². The summed E-state index contributed by atoms with van der Waals surface area (Å²) in [6, 6.07) is 14.1. The molecule has 190 valence electrons. The summed E-state index contributed by atoms with van der Waals surface area (Å²) in [4.78, 5) is 44.5. The second kappa shape index (κ2) is 10.6. The highest BCUT2D eigenvalue weighted by atomic mass is 32.1. The van der Waals surface area contributed by atoms with Crippen molar-refractivity contribution in [3.63, 3.8) is 0 Å². The van der Waals surface area contributed by atoms with E-state index in [-0.39, 0.29) is 28.8 Å². The average molecular weight is 530 g/mol. The number of carboxylic acids is 1. The van der Waals surface area contributed by atoms with Gasteiger partial charge in [0.2, 0.25) is 5.95 Å². The molecule has 0 aliphatic heterocycles. The van der Waals surface area contributed by atoms with Gasteiger partial charge in [-0.15, -0.1) is 11.3 Å². The normalized spacial score (nSPS) is 11.6. The molecule has 38 heavy (non-hydrogen) atoms. The summed E-state index contributed by atoms with van der Waals surface area (Å²) in [5, 5.41) is 16.1. The number of hydrogen-bond acceptors (Lipinski definition) is 9. The first-order chi connectivity index (χ1) is 18.4. The second-order valence-corrected chi connectivity index (χ2v) is 9.21.